The van der Waals surface area contributed by atoms with Crippen molar-refractivity contribution in [1.29, 1.82) is 0 Å². The van der Waals surface area contributed by atoms with Gasteiger partial charge in [0.1, 0.15) is 23.3 Å². The van der Waals surface area contributed by atoms with Gasteiger partial charge in [-0.05, 0) is 41.5 Å². The van der Waals surface area contributed by atoms with Crippen molar-refractivity contribution in [1.82, 2.24) is 9.80 Å². The normalized spacial score (nSPS) is 18.6. The lowest BCUT2D eigenvalue weighted by atomic mass is 9.92. The third kappa shape index (κ3) is 5.44. The Hall–Kier alpha value is -3.30. The second kappa shape index (κ2) is 8.44. The van der Waals surface area contributed by atoms with Crippen LogP contribution in [0.5, 0.6) is 0 Å². The fourth-order valence-corrected chi connectivity index (χ4v) is 3.61. The Morgan fingerprint density at radius 3 is 1.23 bits per heavy atom. The van der Waals surface area contributed by atoms with E-state index >= 15 is 0 Å². The van der Waals surface area contributed by atoms with Crippen LogP contribution in [-0.4, -0.2) is 68.7 Å². The number of ether oxygens (including phenoxy) is 2. The molecule has 0 N–H and O–H groups in total. The molecule has 4 amide bonds. The van der Waals surface area contributed by atoms with Crippen molar-refractivity contribution in [3.63, 3.8) is 0 Å². The topological polar surface area (TPSA) is 127 Å². The fourth-order valence-electron chi connectivity index (χ4n) is 3.61. The van der Waals surface area contributed by atoms with Gasteiger partial charge in [0.2, 0.25) is 0 Å². The Morgan fingerprint density at radius 2 is 0.968 bits per heavy atom. The standard InChI is InChI=1S/C21H26N2O8/c1-12(22-14(24)7-8-15(22)25)18(28)30-20(3,4)11-21(5,6)31-19(29)13(2)23-16(26)9-10-17(23)27/h7-10,12-13H,11H2,1-6H3. The molecule has 0 spiro atoms. The van der Waals surface area contributed by atoms with E-state index in [0.717, 1.165) is 34.1 Å². The van der Waals surface area contributed by atoms with Gasteiger partial charge in [0.25, 0.3) is 23.6 Å². The molecule has 0 aromatic rings. The molecule has 0 aromatic carbocycles. The van der Waals surface area contributed by atoms with Crippen LogP contribution in [0, 0.1) is 0 Å². The van der Waals surface area contributed by atoms with Gasteiger partial charge in [0, 0.05) is 30.7 Å². The summed E-state index contributed by atoms with van der Waals surface area (Å²) < 4.78 is 11.0. The maximum absolute atomic E-state index is 12.5. The summed E-state index contributed by atoms with van der Waals surface area (Å²) in [6.07, 6.45) is 4.37. The summed E-state index contributed by atoms with van der Waals surface area (Å²) in [6, 6.07) is -2.25. The van der Waals surface area contributed by atoms with Gasteiger partial charge in [-0.1, -0.05) is 0 Å². The van der Waals surface area contributed by atoms with Gasteiger partial charge < -0.3 is 9.47 Å². The van der Waals surface area contributed by atoms with Crippen molar-refractivity contribution >= 4 is 35.6 Å². The summed E-state index contributed by atoms with van der Waals surface area (Å²) in [5, 5.41) is 0. The molecular weight excluding hydrogens is 408 g/mol. The summed E-state index contributed by atoms with van der Waals surface area (Å²) >= 11 is 0. The number of amides is 4. The highest BCUT2D eigenvalue weighted by atomic mass is 16.6. The van der Waals surface area contributed by atoms with Crippen LogP contribution in [0.25, 0.3) is 0 Å². The highest BCUT2D eigenvalue weighted by Crippen LogP contribution is 2.28. The van der Waals surface area contributed by atoms with E-state index in [0.29, 0.717) is 0 Å². The minimum Gasteiger partial charge on any atom is -0.458 e. The SMILES string of the molecule is CC(C(=O)OC(C)(C)CC(C)(C)OC(=O)C(C)N1C(=O)C=CC1=O)N1C(=O)C=CC1=O. The Balaban J connectivity index is 1.99. The lowest BCUT2D eigenvalue weighted by Gasteiger charge is -2.36. The van der Waals surface area contributed by atoms with Gasteiger partial charge in [0.15, 0.2) is 0 Å². The van der Waals surface area contributed by atoms with E-state index in [1.165, 1.54) is 13.8 Å². The number of nitrogens with zero attached hydrogens (tertiary/aromatic N) is 2. The van der Waals surface area contributed by atoms with Crippen LogP contribution in [0.1, 0.15) is 48.0 Å². The third-order valence-electron chi connectivity index (χ3n) is 4.75. The van der Waals surface area contributed by atoms with E-state index in [-0.39, 0.29) is 6.42 Å². The quantitative estimate of drug-likeness (QED) is 0.402. The predicted octanol–water partition coefficient (Wildman–Crippen LogP) is 0.647. The van der Waals surface area contributed by atoms with Crippen molar-refractivity contribution in [2.24, 2.45) is 0 Å². The number of hydrogen-bond acceptors (Lipinski definition) is 8. The summed E-state index contributed by atoms with van der Waals surface area (Å²) in [6.45, 7) is 9.15. The molecular formula is C21H26N2O8. The number of rotatable bonds is 8. The Morgan fingerprint density at radius 1 is 0.710 bits per heavy atom. The van der Waals surface area contributed by atoms with Crippen LogP contribution in [0.3, 0.4) is 0 Å². The van der Waals surface area contributed by atoms with Crippen LogP contribution >= 0.6 is 0 Å². The molecule has 2 unspecified atom stereocenters. The number of carbonyl (C=O) groups excluding carboxylic acids is 6. The summed E-state index contributed by atoms with van der Waals surface area (Å²) in [5.41, 5.74) is -2.25. The highest BCUT2D eigenvalue weighted by molar-refractivity contribution is 6.15. The largest absolute Gasteiger partial charge is 0.458 e. The van der Waals surface area contributed by atoms with Gasteiger partial charge in [-0.2, -0.15) is 0 Å². The summed E-state index contributed by atoms with van der Waals surface area (Å²) in [4.78, 5) is 73.7. The Labute approximate surface area is 179 Å². The summed E-state index contributed by atoms with van der Waals surface area (Å²) in [5.74, 6) is -3.98. The molecule has 2 rings (SSSR count). The molecule has 2 aliphatic rings. The van der Waals surface area contributed by atoms with E-state index < -0.39 is 58.9 Å². The Bertz CT molecular complexity index is 791. The molecule has 168 valence electrons. The maximum atomic E-state index is 12.5. The van der Waals surface area contributed by atoms with E-state index in [1.807, 2.05) is 0 Å². The van der Waals surface area contributed by atoms with E-state index in [2.05, 4.69) is 0 Å². The molecule has 2 atom stereocenters. The van der Waals surface area contributed by atoms with Crippen LogP contribution in [-0.2, 0) is 38.2 Å². The van der Waals surface area contributed by atoms with Crippen LogP contribution in [0.4, 0.5) is 0 Å². The lowest BCUT2D eigenvalue weighted by Crippen LogP contribution is -2.49. The zero-order chi connectivity index (χ0) is 23.7. The number of carbonyl (C=O) groups is 6. The first-order chi connectivity index (χ1) is 14.1. The first-order valence-electron chi connectivity index (χ1n) is 9.71. The van der Waals surface area contributed by atoms with Crippen molar-refractivity contribution < 1.29 is 38.2 Å². The lowest BCUT2D eigenvalue weighted by molar-refractivity contribution is -0.179. The smallest absolute Gasteiger partial charge is 0.329 e. The van der Waals surface area contributed by atoms with Crippen molar-refractivity contribution in [3.05, 3.63) is 24.3 Å². The summed E-state index contributed by atoms with van der Waals surface area (Å²) in [7, 11) is 0. The van der Waals surface area contributed by atoms with E-state index in [4.69, 9.17) is 9.47 Å². The molecule has 0 bridgehead atoms. The minimum absolute atomic E-state index is 0.0667. The maximum Gasteiger partial charge on any atom is 0.329 e. The van der Waals surface area contributed by atoms with Crippen molar-refractivity contribution in [3.8, 4) is 0 Å². The first kappa shape index (κ1) is 24.0. The van der Waals surface area contributed by atoms with Gasteiger partial charge in [-0.25, -0.2) is 9.59 Å². The third-order valence-corrected chi connectivity index (χ3v) is 4.75. The molecule has 10 nitrogen and oxygen atoms in total. The molecule has 10 heteroatoms. The van der Waals surface area contributed by atoms with E-state index in [1.54, 1.807) is 27.7 Å². The minimum atomic E-state index is -1.13. The molecule has 0 aliphatic carbocycles. The van der Waals surface area contributed by atoms with Gasteiger partial charge in [-0.15, -0.1) is 0 Å². The van der Waals surface area contributed by atoms with Crippen molar-refractivity contribution in [2.45, 2.75) is 71.2 Å². The molecule has 2 aliphatic heterocycles. The molecule has 0 fully saturated rings. The second-order valence-corrected chi connectivity index (χ2v) is 8.65. The zero-order valence-electron chi connectivity index (χ0n) is 18.3. The Kier molecular flexibility index (Phi) is 6.53. The van der Waals surface area contributed by atoms with Crippen LogP contribution < -0.4 is 0 Å². The van der Waals surface area contributed by atoms with Crippen molar-refractivity contribution in [2.75, 3.05) is 0 Å². The van der Waals surface area contributed by atoms with Gasteiger partial charge in [-0.3, -0.25) is 29.0 Å². The molecule has 0 aromatic heterocycles. The average Bonchev–Trinajstić information content (AvgIpc) is 3.12. The fraction of sp³-hybridized carbons (Fsp3) is 0.524. The van der Waals surface area contributed by atoms with Crippen LogP contribution in [0.15, 0.2) is 24.3 Å². The highest BCUT2D eigenvalue weighted by Gasteiger charge is 2.41. The molecule has 0 saturated heterocycles. The zero-order valence-corrected chi connectivity index (χ0v) is 18.3. The predicted molar refractivity (Wildman–Crippen MR) is 106 cm³/mol. The monoisotopic (exact) mass is 434 g/mol. The van der Waals surface area contributed by atoms with E-state index in [9.17, 15) is 28.8 Å². The van der Waals surface area contributed by atoms with Gasteiger partial charge >= 0.3 is 11.9 Å². The number of hydrogen-bond donors (Lipinski definition) is 0. The average molecular weight is 434 g/mol. The number of imide groups is 2. The molecule has 0 saturated carbocycles. The first-order valence-corrected chi connectivity index (χ1v) is 9.71. The second-order valence-electron chi connectivity index (χ2n) is 8.65. The molecule has 0 radical (unpaired) electrons. The van der Waals surface area contributed by atoms with Gasteiger partial charge in [0.05, 0.1) is 0 Å². The van der Waals surface area contributed by atoms with Crippen LogP contribution in [0.2, 0.25) is 0 Å². The molecule has 2 heterocycles. The molecule has 31 heavy (non-hydrogen) atoms. The number of esters is 2.